The van der Waals surface area contributed by atoms with Crippen LogP contribution in [0, 0.1) is 0 Å². The van der Waals surface area contributed by atoms with Gasteiger partial charge in [0.05, 0.1) is 0 Å². The topological polar surface area (TPSA) is 49.4 Å². The van der Waals surface area contributed by atoms with Gasteiger partial charge in [-0.1, -0.05) is 6.08 Å². The molecule has 0 spiro atoms. The summed E-state index contributed by atoms with van der Waals surface area (Å²) in [5.41, 5.74) is 0. The molecule has 2 aliphatic heterocycles. The molecule has 1 saturated heterocycles. The van der Waals surface area contributed by atoms with Crippen LogP contribution in [0.1, 0.15) is 0 Å². The minimum absolute atomic E-state index is 0.264. The molecule has 2 aliphatic rings. The van der Waals surface area contributed by atoms with Gasteiger partial charge in [0.15, 0.2) is 0 Å². The Morgan fingerprint density at radius 3 is 2.91 bits per heavy atom. The Kier molecular flexibility index (Phi) is 1.09. The number of nitrogens with zero attached hydrogens (tertiary/aromatic N) is 1. The molecule has 1 unspecified atom stereocenters. The predicted molar refractivity (Wildman–Crippen MR) is 37.1 cm³/mol. The number of amides is 2. The van der Waals surface area contributed by atoms with E-state index in [4.69, 9.17) is 0 Å². The highest BCUT2D eigenvalue weighted by Gasteiger charge is 2.35. The van der Waals surface area contributed by atoms with Gasteiger partial charge in [-0.25, -0.2) is 0 Å². The maximum atomic E-state index is 11.0. The van der Waals surface area contributed by atoms with Gasteiger partial charge in [-0.15, -0.1) is 0 Å². The van der Waals surface area contributed by atoms with Crippen molar-refractivity contribution in [3.05, 3.63) is 24.4 Å². The molecule has 2 amide bonds. The minimum atomic E-state index is -0.536. The zero-order valence-corrected chi connectivity index (χ0v) is 5.65. The van der Waals surface area contributed by atoms with E-state index in [9.17, 15) is 9.59 Å². The average molecular weight is 150 g/mol. The molecule has 4 nitrogen and oxygen atoms in total. The van der Waals surface area contributed by atoms with Gasteiger partial charge < -0.3 is 5.32 Å². The van der Waals surface area contributed by atoms with Crippen LogP contribution in [0.5, 0.6) is 0 Å². The van der Waals surface area contributed by atoms with Crippen LogP contribution in [0.2, 0.25) is 0 Å². The molecule has 2 rings (SSSR count). The zero-order valence-electron chi connectivity index (χ0n) is 5.65. The number of carbonyl (C=O) groups is 2. The van der Waals surface area contributed by atoms with Gasteiger partial charge in [-0.2, -0.15) is 0 Å². The lowest BCUT2D eigenvalue weighted by atomic mass is 10.3. The highest BCUT2D eigenvalue weighted by Crippen LogP contribution is 2.11. The molecule has 0 aromatic rings. The van der Waals surface area contributed by atoms with E-state index >= 15 is 0 Å². The molecule has 2 heterocycles. The number of nitrogens with one attached hydrogen (secondary N) is 1. The molecule has 0 aromatic carbocycles. The van der Waals surface area contributed by atoms with Crippen LogP contribution in [-0.4, -0.2) is 22.9 Å². The van der Waals surface area contributed by atoms with E-state index in [0.29, 0.717) is 0 Å². The molecule has 1 N–H and O–H groups in total. The number of hydrogen-bond acceptors (Lipinski definition) is 2. The quantitative estimate of drug-likeness (QED) is 0.467. The smallest absolute Gasteiger partial charge is 0.317 e. The minimum Gasteiger partial charge on any atom is -0.324 e. The lowest BCUT2D eigenvalue weighted by Crippen LogP contribution is -2.32. The first-order valence-corrected chi connectivity index (χ1v) is 3.27. The summed E-state index contributed by atoms with van der Waals surface area (Å²) < 4.78 is 0. The molecule has 0 radical (unpaired) electrons. The van der Waals surface area contributed by atoms with Gasteiger partial charge in [0.2, 0.25) is 0 Å². The second-order valence-corrected chi connectivity index (χ2v) is 2.36. The number of allylic oxidation sites excluding steroid dienone is 2. The summed E-state index contributed by atoms with van der Waals surface area (Å²) in [5.74, 6) is -1.03. The summed E-state index contributed by atoms with van der Waals surface area (Å²) in [6.45, 7) is 0. The van der Waals surface area contributed by atoms with Gasteiger partial charge >= 0.3 is 11.8 Å². The van der Waals surface area contributed by atoms with E-state index in [2.05, 4.69) is 5.32 Å². The first-order valence-electron chi connectivity index (χ1n) is 3.27. The van der Waals surface area contributed by atoms with Gasteiger partial charge in [-0.3, -0.25) is 14.5 Å². The molecule has 0 aliphatic carbocycles. The van der Waals surface area contributed by atoms with Crippen molar-refractivity contribution in [3.8, 4) is 0 Å². The van der Waals surface area contributed by atoms with E-state index in [0.717, 1.165) is 0 Å². The second-order valence-electron chi connectivity index (χ2n) is 2.36. The summed E-state index contributed by atoms with van der Waals surface area (Å²) in [6, 6.07) is 0. The lowest BCUT2D eigenvalue weighted by Gasteiger charge is -2.17. The van der Waals surface area contributed by atoms with Crippen molar-refractivity contribution in [3.63, 3.8) is 0 Å². The van der Waals surface area contributed by atoms with Crippen molar-refractivity contribution in [2.75, 3.05) is 0 Å². The Morgan fingerprint density at radius 2 is 2.18 bits per heavy atom. The molecule has 1 atom stereocenters. The second kappa shape index (κ2) is 1.95. The van der Waals surface area contributed by atoms with Crippen LogP contribution in [0.3, 0.4) is 0 Å². The van der Waals surface area contributed by atoms with Crippen molar-refractivity contribution in [2.24, 2.45) is 0 Å². The maximum absolute atomic E-state index is 11.0. The van der Waals surface area contributed by atoms with Crippen LogP contribution in [0.4, 0.5) is 0 Å². The standard InChI is InChI=1S/C7H6N2O2/c10-6-7(11)9-4-2-1-3-5(9)8-6/h1-5H,(H,8,10). The van der Waals surface area contributed by atoms with Crippen LogP contribution < -0.4 is 5.32 Å². The molecule has 0 bridgehead atoms. The van der Waals surface area contributed by atoms with Crippen LogP contribution in [-0.2, 0) is 9.59 Å². The third kappa shape index (κ3) is 0.756. The fourth-order valence-corrected chi connectivity index (χ4v) is 1.12. The summed E-state index contributed by atoms with van der Waals surface area (Å²) in [4.78, 5) is 23.1. The van der Waals surface area contributed by atoms with Crippen molar-refractivity contribution in [2.45, 2.75) is 6.17 Å². The summed E-state index contributed by atoms with van der Waals surface area (Å²) in [7, 11) is 0. The molecule has 1 fully saturated rings. The molecule has 56 valence electrons. The van der Waals surface area contributed by atoms with Crippen LogP contribution >= 0.6 is 0 Å². The highest BCUT2D eigenvalue weighted by atomic mass is 16.2. The Bertz CT molecular complexity index is 280. The third-order valence-corrected chi connectivity index (χ3v) is 1.66. The lowest BCUT2D eigenvalue weighted by molar-refractivity contribution is -0.139. The number of rotatable bonds is 0. The Labute approximate surface area is 63.2 Å². The predicted octanol–water partition coefficient (Wildman–Crippen LogP) is -0.646. The Hall–Kier alpha value is -1.58. The van der Waals surface area contributed by atoms with Crippen molar-refractivity contribution < 1.29 is 9.59 Å². The molecular weight excluding hydrogens is 144 g/mol. The fourth-order valence-electron chi connectivity index (χ4n) is 1.12. The fraction of sp³-hybridized carbons (Fsp3) is 0.143. The van der Waals surface area contributed by atoms with E-state index in [1.54, 1.807) is 24.4 Å². The number of carbonyl (C=O) groups excluding carboxylic acids is 2. The monoisotopic (exact) mass is 150 g/mol. The SMILES string of the molecule is O=C1NC2C=CC=CN2C1=O. The molecule has 4 heteroatoms. The Balaban J connectivity index is 2.34. The zero-order chi connectivity index (χ0) is 7.84. The maximum Gasteiger partial charge on any atom is 0.317 e. The third-order valence-electron chi connectivity index (χ3n) is 1.66. The van der Waals surface area contributed by atoms with Crippen molar-refractivity contribution >= 4 is 11.8 Å². The summed E-state index contributed by atoms with van der Waals surface area (Å²) >= 11 is 0. The van der Waals surface area contributed by atoms with E-state index < -0.39 is 11.8 Å². The van der Waals surface area contributed by atoms with E-state index in [1.807, 2.05) is 0 Å². The molecule has 11 heavy (non-hydrogen) atoms. The number of hydrogen-bond donors (Lipinski definition) is 1. The van der Waals surface area contributed by atoms with Crippen LogP contribution in [0.15, 0.2) is 24.4 Å². The highest BCUT2D eigenvalue weighted by molar-refractivity contribution is 6.37. The van der Waals surface area contributed by atoms with Gasteiger partial charge in [0.25, 0.3) is 0 Å². The normalized spacial score (nSPS) is 27.3. The largest absolute Gasteiger partial charge is 0.324 e. The van der Waals surface area contributed by atoms with Gasteiger partial charge in [0.1, 0.15) is 6.17 Å². The summed E-state index contributed by atoms with van der Waals surface area (Å²) in [5, 5.41) is 2.50. The Morgan fingerprint density at radius 1 is 1.36 bits per heavy atom. The average Bonchev–Trinajstić information content (AvgIpc) is 2.30. The molecular formula is C7H6N2O2. The van der Waals surface area contributed by atoms with E-state index in [-0.39, 0.29) is 6.17 Å². The number of fused-ring (bicyclic) bond motifs is 1. The molecule has 0 aromatic heterocycles. The molecule has 0 saturated carbocycles. The van der Waals surface area contributed by atoms with Gasteiger partial charge in [0, 0.05) is 6.20 Å². The van der Waals surface area contributed by atoms with Crippen molar-refractivity contribution in [1.29, 1.82) is 0 Å². The van der Waals surface area contributed by atoms with E-state index in [1.165, 1.54) is 4.90 Å². The van der Waals surface area contributed by atoms with Crippen LogP contribution in [0.25, 0.3) is 0 Å². The first kappa shape index (κ1) is 6.15. The summed E-state index contributed by atoms with van der Waals surface area (Å²) in [6.07, 6.45) is 6.59. The van der Waals surface area contributed by atoms with Gasteiger partial charge in [-0.05, 0) is 12.2 Å². The first-order chi connectivity index (χ1) is 5.29. The van der Waals surface area contributed by atoms with Crippen molar-refractivity contribution in [1.82, 2.24) is 10.2 Å².